The number of hydrogen-bond acceptors (Lipinski definition) is 10. The molecule has 172 valence electrons. The number of nitrogens with zero attached hydrogens (tertiary/aromatic N) is 3. The number of amides is 1. The first-order chi connectivity index (χ1) is 15.7. The van der Waals surface area contributed by atoms with Gasteiger partial charge in [0.2, 0.25) is 5.95 Å². The maximum Gasteiger partial charge on any atom is 1.00 e. The number of H-pyrrole nitrogens is 1. The van der Waals surface area contributed by atoms with Gasteiger partial charge in [-0.15, -0.1) is 9.58 Å². The number of nitroso groups, excluding NO2 is 1. The van der Waals surface area contributed by atoms with Crippen molar-refractivity contribution in [2.24, 2.45) is 5.29 Å². The quantitative estimate of drug-likeness (QED) is 0.188. The summed E-state index contributed by atoms with van der Waals surface area (Å²) in [5, 5.41) is 26.8. The molecule has 1 aromatic carbocycles. The van der Waals surface area contributed by atoms with E-state index < -0.39 is 35.9 Å². The summed E-state index contributed by atoms with van der Waals surface area (Å²) >= 11 is 0. The number of aryl methyl sites for hydroxylation is 2. The number of carbonyl (C=O) groups excluding carboxylic acids is 3. The summed E-state index contributed by atoms with van der Waals surface area (Å²) in [7, 11) is 0. The number of fused-ring (bicyclic) bond motifs is 1. The number of aromatic nitrogens is 3. The van der Waals surface area contributed by atoms with E-state index in [1.165, 1.54) is 12.1 Å². The Kier molecular flexibility index (Phi) is 9.06. The minimum atomic E-state index is -1.60. The Labute approximate surface area is 213 Å². The fraction of sp³-hybridized carbons (Fsp3) is 0.250. The second kappa shape index (κ2) is 11.5. The van der Waals surface area contributed by atoms with E-state index in [0.29, 0.717) is 18.4 Å². The zero-order valence-electron chi connectivity index (χ0n) is 18.1. The van der Waals surface area contributed by atoms with Crippen molar-refractivity contribution in [3.05, 3.63) is 62.4 Å². The number of rotatable bonds is 10. The second-order valence-electron chi connectivity index (χ2n) is 7.16. The molecule has 2 heterocycles. The number of nitrogens with one attached hydrogen (secondary N) is 2. The molecule has 1 atom stereocenters. The fourth-order valence-corrected chi connectivity index (χ4v) is 3.31. The summed E-state index contributed by atoms with van der Waals surface area (Å²) < 4.78 is 0.792. The number of anilines is 1. The van der Waals surface area contributed by atoms with Crippen LogP contribution in [0.25, 0.3) is 11.0 Å². The zero-order valence-corrected chi connectivity index (χ0v) is 20.1. The van der Waals surface area contributed by atoms with Crippen LogP contribution in [-0.2, 0) is 22.4 Å². The predicted octanol–water partition coefficient (Wildman–Crippen LogP) is -5.00. The van der Waals surface area contributed by atoms with Gasteiger partial charge in [0, 0.05) is 17.7 Å². The maximum absolute atomic E-state index is 12.3. The molecular weight excluding hydrogens is 459 g/mol. The normalized spacial score (nSPS) is 11.4. The first-order valence-electron chi connectivity index (χ1n) is 9.74. The molecule has 3 rings (SSSR count). The molecule has 0 saturated carbocycles. The number of nitrogens with two attached hydrogens (primary N) is 1. The molecule has 0 spiro atoms. The number of aromatic amines is 1. The van der Waals surface area contributed by atoms with Gasteiger partial charge in [-0.2, -0.15) is 4.98 Å². The predicted molar refractivity (Wildman–Crippen MR) is 110 cm³/mol. The third kappa shape index (κ3) is 6.07. The van der Waals surface area contributed by atoms with Crippen LogP contribution >= 0.6 is 0 Å². The molecule has 2 aromatic heterocycles. The number of aliphatic carboxylic acids is 2. The Morgan fingerprint density at radius 1 is 1.18 bits per heavy atom. The summed E-state index contributed by atoms with van der Waals surface area (Å²) in [6.07, 6.45) is 1.54. The average molecular weight is 477 g/mol. The number of carbonyl (C=O) groups is 3. The van der Waals surface area contributed by atoms with Crippen molar-refractivity contribution >= 4 is 34.8 Å². The zero-order chi connectivity index (χ0) is 24.1. The largest absolute Gasteiger partial charge is 1.00 e. The van der Waals surface area contributed by atoms with Crippen LogP contribution in [0.2, 0.25) is 0 Å². The molecule has 0 bridgehead atoms. The smallest absolute Gasteiger partial charge is 0.550 e. The van der Waals surface area contributed by atoms with Gasteiger partial charge >= 0.3 is 29.6 Å². The van der Waals surface area contributed by atoms with E-state index in [1.807, 2.05) is 0 Å². The van der Waals surface area contributed by atoms with Crippen LogP contribution in [0, 0.1) is 4.91 Å². The minimum Gasteiger partial charge on any atom is -0.550 e. The van der Waals surface area contributed by atoms with E-state index in [1.54, 1.807) is 18.3 Å². The summed E-state index contributed by atoms with van der Waals surface area (Å²) in [4.78, 5) is 63.5. The van der Waals surface area contributed by atoms with E-state index >= 15 is 0 Å². The fourth-order valence-electron chi connectivity index (χ4n) is 3.31. The number of carboxylic acids is 2. The van der Waals surface area contributed by atoms with E-state index in [9.17, 15) is 34.3 Å². The van der Waals surface area contributed by atoms with Crippen molar-refractivity contribution in [1.82, 2.24) is 20.0 Å². The molecule has 1 amide bonds. The van der Waals surface area contributed by atoms with Crippen molar-refractivity contribution in [2.75, 3.05) is 5.73 Å². The van der Waals surface area contributed by atoms with Crippen LogP contribution in [0.1, 0.15) is 34.3 Å². The second-order valence-corrected chi connectivity index (χ2v) is 7.16. The van der Waals surface area contributed by atoms with Gasteiger partial charge in [-0.1, -0.05) is 12.1 Å². The van der Waals surface area contributed by atoms with Gasteiger partial charge in [0.25, 0.3) is 11.5 Å². The Bertz CT molecular complexity index is 1290. The van der Waals surface area contributed by atoms with Crippen molar-refractivity contribution in [3.8, 4) is 0 Å². The summed E-state index contributed by atoms with van der Waals surface area (Å²) in [6, 6.07) is 4.80. The van der Waals surface area contributed by atoms with Crippen LogP contribution in [0.5, 0.6) is 0 Å². The molecule has 14 heteroatoms. The van der Waals surface area contributed by atoms with Gasteiger partial charge in [-0.25, -0.2) is 0 Å². The molecule has 0 radical (unpaired) electrons. The maximum atomic E-state index is 12.3. The SMILES string of the molecule is Nc1nc(=O)c2c(CCc3ccc(C(=O)NC(CCC(=O)[O-])C(=O)[O-])cc3)c[nH]c2n1N=O.[Na+]. The summed E-state index contributed by atoms with van der Waals surface area (Å²) in [5.41, 5.74) is 6.67. The number of hydrogen-bond donors (Lipinski definition) is 3. The van der Waals surface area contributed by atoms with Gasteiger partial charge in [-0.3, -0.25) is 9.59 Å². The van der Waals surface area contributed by atoms with Crippen LogP contribution in [0.3, 0.4) is 0 Å². The van der Waals surface area contributed by atoms with Crippen LogP contribution in [0.4, 0.5) is 5.95 Å². The molecular formula is C20H18N6NaO7-. The van der Waals surface area contributed by atoms with Gasteiger partial charge in [0.1, 0.15) is 0 Å². The van der Waals surface area contributed by atoms with Crippen molar-refractivity contribution in [1.29, 1.82) is 0 Å². The first kappa shape index (κ1) is 26.7. The Balaban J connectivity index is 0.00000408. The van der Waals surface area contributed by atoms with E-state index in [-0.39, 0.29) is 58.5 Å². The van der Waals surface area contributed by atoms with Crippen LogP contribution in [0.15, 0.2) is 40.5 Å². The third-order valence-corrected chi connectivity index (χ3v) is 5.01. The Hall–Kier alpha value is -3.55. The molecule has 13 nitrogen and oxygen atoms in total. The first-order valence-corrected chi connectivity index (χ1v) is 9.74. The van der Waals surface area contributed by atoms with Crippen LogP contribution < -0.4 is 56.4 Å². The Morgan fingerprint density at radius 2 is 1.85 bits per heavy atom. The molecule has 0 saturated heterocycles. The van der Waals surface area contributed by atoms with Crippen molar-refractivity contribution in [2.45, 2.75) is 31.7 Å². The average Bonchev–Trinajstić information content (AvgIpc) is 3.19. The number of carboxylic acid groups (broad SMARTS) is 2. The Morgan fingerprint density at radius 3 is 2.44 bits per heavy atom. The van der Waals surface area contributed by atoms with Crippen molar-refractivity contribution < 1.29 is 54.2 Å². The molecule has 34 heavy (non-hydrogen) atoms. The van der Waals surface area contributed by atoms with E-state index in [0.717, 1.165) is 10.2 Å². The molecule has 0 aliphatic carbocycles. The number of nitrogen functional groups attached to an aromatic ring is 1. The monoisotopic (exact) mass is 477 g/mol. The third-order valence-electron chi connectivity index (χ3n) is 5.01. The molecule has 0 fully saturated rings. The molecule has 0 aliphatic heterocycles. The van der Waals surface area contributed by atoms with E-state index in [2.05, 4.69) is 20.6 Å². The van der Waals surface area contributed by atoms with E-state index in [4.69, 9.17) is 5.73 Å². The number of benzene rings is 1. The van der Waals surface area contributed by atoms with Gasteiger partial charge in [0.05, 0.1) is 22.7 Å². The minimum absolute atomic E-state index is 0. The molecule has 3 aromatic rings. The summed E-state index contributed by atoms with van der Waals surface area (Å²) in [5.74, 6) is -4.06. The van der Waals surface area contributed by atoms with Gasteiger partial charge in [-0.05, 0) is 48.9 Å². The molecule has 0 aliphatic rings. The van der Waals surface area contributed by atoms with Gasteiger partial charge in [0.15, 0.2) is 5.65 Å². The molecule has 1 unspecified atom stereocenters. The van der Waals surface area contributed by atoms with Crippen LogP contribution in [-0.4, -0.2) is 38.5 Å². The summed E-state index contributed by atoms with van der Waals surface area (Å²) in [6.45, 7) is 0. The standard InChI is InChI=1S/C20H20N6O7.Na/c21-20-24-18(30)15-12(9-22-16(15)26(20)25-33)6-3-10-1-4-11(5-2-10)17(29)23-13(19(31)32)7-8-14(27)28;/h1-2,4-5,9,13,22H,3,6-8H2,(H,23,29)(H,27,28)(H,31,32)(H2,21,24,30);/q;+1/p-2. The molecule has 4 N–H and O–H groups in total. The van der Waals surface area contributed by atoms with Gasteiger partial charge < -0.3 is 35.8 Å². The van der Waals surface area contributed by atoms with Crippen molar-refractivity contribution in [3.63, 3.8) is 0 Å². The topological polar surface area (TPSA) is 215 Å².